The van der Waals surface area contributed by atoms with Crippen LogP contribution in [0.2, 0.25) is 0 Å². The van der Waals surface area contributed by atoms with Gasteiger partial charge in [0, 0.05) is 38.9 Å². The second kappa shape index (κ2) is 12.3. The molecule has 3 heterocycles. The van der Waals surface area contributed by atoms with Crippen molar-refractivity contribution in [2.75, 3.05) is 0 Å². The molecule has 3 aromatic heterocycles. The van der Waals surface area contributed by atoms with E-state index >= 15 is 0 Å². The van der Waals surface area contributed by atoms with Crippen molar-refractivity contribution >= 4 is 21.8 Å². The van der Waals surface area contributed by atoms with Crippen molar-refractivity contribution in [2.45, 2.75) is 26.7 Å². The van der Waals surface area contributed by atoms with Crippen LogP contribution in [-0.2, 0) is 0 Å². The molecule has 0 aliphatic heterocycles. The Balaban J connectivity index is 1.28. The first kappa shape index (κ1) is 29.4. The van der Waals surface area contributed by atoms with Gasteiger partial charge in [-0.1, -0.05) is 135 Å². The van der Waals surface area contributed by atoms with E-state index in [0.717, 1.165) is 72.4 Å². The minimum Gasteiger partial charge on any atom is -0.251 e. The van der Waals surface area contributed by atoms with Crippen molar-refractivity contribution in [1.29, 1.82) is 0 Å². The van der Waals surface area contributed by atoms with Crippen LogP contribution in [0.3, 0.4) is 0 Å². The molecule has 0 bridgehead atoms. The van der Waals surface area contributed by atoms with Gasteiger partial charge in [0.05, 0.1) is 22.4 Å². The summed E-state index contributed by atoms with van der Waals surface area (Å²) in [5, 5.41) is 2.19. The molecule has 0 saturated heterocycles. The van der Waals surface area contributed by atoms with Gasteiger partial charge in [-0.25, -0.2) is 9.97 Å². The first-order valence-electron chi connectivity index (χ1n) is 16.4. The fourth-order valence-corrected chi connectivity index (χ4v) is 6.29. The average molecular weight is 619 g/mol. The molecule has 0 atom stereocenters. The Labute approximate surface area is 280 Å². The van der Waals surface area contributed by atoms with Crippen LogP contribution in [0.1, 0.15) is 31.2 Å². The number of aryl methyl sites for hydroxylation is 1. The molecule has 4 nitrogen and oxygen atoms in total. The Bertz CT molecular complexity index is 2420. The third-order valence-electron chi connectivity index (χ3n) is 8.90. The Morgan fingerprint density at radius 2 is 1.04 bits per heavy atom. The molecule has 8 aromatic rings. The Kier molecular flexibility index (Phi) is 7.54. The van der Waals surface area contributed by atoms with Crippen LogP contribution < -0.4 is 0 Å². The largest absolute Gasteiger partial charge is 0.251 e. The number of nitrogens with zero attached hydrogens (tertiary/aromatic N) is 4. The zero-order valence-electron chi connectivity index (χ0n) is 27.2. The molecule has 0 aliphatic carbocycles. The van der Waals surface area contributed by atoms with Crippen molar-refractivity contribution in [1.82, 2.24) is 19.9 Å². The van der Waals surface area contributed by atoms with Crippen molar-refractivity contribution in [3.63, 3.8) is 0 Å². The lowest BCUT2D eigenvalue weighted by Crippen LogP contribution is -1.98. The Morgan fingerprint density at radius 1 is 0.438 bits per heavy atom. The lowest BCUT2D eigenvalue weighted by atomic mass is 9.94. The molecule has 0 spiro atoms. The molecular weight excluding hydrogens is 585 g/mol. The lowest BCUT2D eigenvalue weighted by Gasteiger charge is -2.15. The summed E-state index contributed by atoms with van der Waals surface area (Å²) in [6, 6.07) is 50.8. The van der Waals surface area contributed by atoms with E-state index in [1.165, 1.54) is 11.1 Å². The first-order valence-corrected chi connectivity index (χ1v) is 16.4. The van der Waals surface area contributed by atoms with E-state index in [1.54, 1.807) is 0 Å². The second-order valence-corrected chi connectivity index (χ2v) is 12.6. The van der Waals surface area contributed by atoms with E-state index in [0.29, 0.717) is 5.82 Å². The van der Waals surface area contributed by atoms with Crippen LogP contribution >= 0.6 is 0 Å². The zero-order chi connectivity index (χ0) is 32.6. The normalized spacial score (nSPS) is 11.4. The predicted octanol–water partition coefficient (Wildman–Crippen LogP) is 11.3. The highest BCUT2D eigenvalue weighted by Gasteiger charge is 2.16. The minimum absolute atomic E-state index is 0.266. The van der Waals surface area contributed by atoms with Crippen LogP contribution in [0.4, 0.5) is 0 Å². The maximum Gasteiger partial charge on any atom is 0.160 e. The molecule has 4 heteroatoms. The topological polar surface area (TPSA) is 51.6 Å². The van der Waals surface area contributed by atoms with Crippen molar-refractivity contribution in [3.05, 3.63) is 157 Å². The molecule has 0 saturated carbocycles. The molecule has 0 aliphatic rings. The lowest BCUT2D eigenvalue weighted by molar-refractivity contribution is 0.831. The van der Waals surface area contributed by atoms with Gasteiger partial charge < -0.3 is 0 Å². The highest BCUT2D eigenvalue weighted by molar-refractivity contribution is 6.08. The molecule has 0 amide bonds. The third kappa shape index (κ3) is 5.62. The summed E-state index contributed by atoms with van der Waals surface area (Å²) >= 11 is 0. The molecule has 8 rings (SSSR count). The summed E-state index contributed by atoms with van der Waals surface area (Å²) < 4.78 is 0. The minimum atomic E-state index is 0.266. The standard InChI is InChI=1S/C44H34N4/c1-28(2)39-26-38(37-24-23-33-18-17-29(3)45-42(33)43(37)46-39)35-15-10-16-36(25-35)41-27-40(47-44(48-41)34-13-8-5-9-14-34)32-21-19-31(20-22-32)30-11-6-4-7-12-30/h4-28H,1-3H3. The van der Waals surface area contributed by atoms with Gasteiger partial charge >= 0.3 is 0 Å². The number of hydrogen-bond acceptors (Lipinski definition) is 4. The van der Waals surface area contributed by atoms with Gasteiger partial charge in [0.15, 0.2) is 5.82 Å². The molecule has 230 valence electrons. The molecule has 0 fully saturated rings. The van der Waals surface area contributed by atoms with E-state index in [4.69, 9.17) is 19.9 Å². The van der Waals surface area contributed by atoms with Crippen LogP contribution in [0.5, 0.6) is 0 Å². The molecule has 0 unspecified atom stereocenters. The predicted molar refractivity (Wildman–Crippen MR) is 199 cm³/mol. The van der Waals surface area contributed by atoms with E-state index in [-0.39, 0.29) is 5.92 Å². The van der Waals surface area contributed by atoms with Crippen molar-refractivity contribution in [3.8, 4) is 56.2 Å². The zero-order valence-corrected chi connectivity index (χ0v) is 27.2. The Morgan fingerprint density at radius 3 is 1.77 bits per heavy atom. The van der Waals surface area contributed by atoms with Gasteiger partial charge in [0.2, 0.25) is 0 Å². The van der Waals surface area contributed by atoms with Gasteiger partial charge in [-0.3, -0.25) is 9.97 Å². The number of hydrogen-bond donors (Lipinski definition) is 0. The summed E-state index contributed by atoms with van der Waals surface area (Å²) in [4.78, 5) is 20.3. The fraction of sp³-hybridized carbons (Fsp3) is 0.0909. The van der Waals surface area contributed by atoms with E-state index in [1.807, 2.05) is 31.2 Å². The van der Waals surface area contributed by atoms with E-state index in [2.05, 4.69) is 135 Å². The molecule has 0 N–H and O–H groups in total. The number of benzene rings is 5. The van der Waals surface area contributed by atoms with Gasteiger partial charge in [0.1, 0.15) is 0 Å². The maximum absolute atomic E-state index is 5.14. The highest BCUT2D eigenvalue weighted by Crippen LogP contribution is 2.36. The highest BCUT2D eigenvalue weighted by atomic mass is 14.9. The quantitative estimate of drug-likeness (QED) is 0.174. The molecule has 5 aromatic carbocycles. The summed E-state index contributed by atoms with van der Waals surface area (Å²) in [6.07, 6.45) is 0. The number of pyridine rings is 2. The number of aromatic nitrogens is 4. The van der Waals surface area contributed by atoms with Crippen LogP contribution in [0, 0.1) is 6.92 Å². The molecule has 48 heavy (non-hydrogen) atoms. The van der Waals surface area contributed by atoms with Crippen LogP contribution in [-0.4, -0.2) is 19.9 Å². The van der Waals surface area contributed by atoms with Gasteiger partial charge in [-0.15, -0.1) is 0 Å². The number of fused-ring (bicyclic) bond motifs is 3. The third-order valence-corrected chi connectivity index (χ3v) is 8.90. The number of rotatable bonds is 6. The monoisotopic (exact) mass is 618 g/mol. The summed E-state index contributed by atoms with van der Waals surface area (Å²) in [7, 11) is 0. The summed E-state index contributed by atoms with van der Waals surface area (Å²) in [5.74, 6) is 0.965. The SMILES string of the molecule is Cc1ccc2ccc3c(-c4cccc(-c5cc(-c6ccc(-c7ccccc7)cc6)nc(-c6ccccc6)n5)c4)cc(C(C)C)nc3c2n1. The van der Waals surface area contributed by atoms with Crippen molar-refractivity contribution < 1.29 is 0 Å². The summed E-state index contributed by atoms with van der Waals surface area (Å²) in [6.45, 7) is 6.42. The van der Waals surface area contributed by atoms with E-state index in [9.17, 15) is 0 Å². The molecule has 0 radical (unpaired) electrons. The summed E-state index contributed by atoms with van der Waals surface area (Å²) in [5.41, 5.74) is 13.4. The van der Waals surface area contributed by atoms with E-state index < -0.39 is 0 Å². The fourth-order valence-electron chi connectivity index (χ4n) is 6.29. The van der Waals surface area contributed by atoms with Crippen LogP contribution in [0.15, 0.2) is 146 Å². The second-order valence-electron chi connectivity index (χ2n) is 12.6. The smallest absolute Gasteiger partial charge is 0.160 e. The van der Waals surface area contributed by atoms with Crippen LogP contribution in [0.25, 0.3) is 78.0 Å². The van der Waals surface area contributed by atoms with Crippen molar-refractivity contribution in [2.24, 2.45) is 0 Å². The van der Waals surface area contributed by atoms with Gasteiger partial charge in [0.25, 0.3) is 0 Å². The van der Waals surface area contributed by atoms with Gasteiger partial charge in [-0.2, -0.15) is 0 Å². The van der Waals surface area contributed by atoms with Gasteiger partial charge in [-0.05, 0) is 59.4 Å². The maximum atomic E-state index is 5.14. The first-order chi connectivity index (χ1) is 23.5. The molecular formula is C44H34N4. The Hall–Kier alpha value is -6.00. The average Bonchev–Trinajstić information content (AvgIpc) is 3.15.